The van der Waals surface area contributed by atoms with Gasteiger partial charge in [0.25, 0.3) is 5.91 Å². The fraction of sp³-hybridized carbons (Fsp3) is 0.267. The van der Waals surface area contributed by atoms with Crippen molar-refractivity contribution in [3.63, 3.8) is 0 Å². The van der Waals surface area contributed by atoms with Crippen molar-refractivity contribution < 1.29 is 4.79 Å². The van der Waals surface area contributed by atoms with Gasteiger partial charge >= 0.3 is 0 Å². The molecule has 21 heavy (non-hydrogen) atoms. The molecule has 0 saturated carbocycles. The predicted octanol–water partition coefficient (Wildman–Crippen LogP) is 1.14. The molecule has 0 spiro atoms. The first kappa shape index (κ1) is 13.5. The average molecular weight is 283 g/mol. The van der Waals surface area contributed by atoms with Crippen molar-refractivity contribution in [1.82, 2.24) is 15.3 Å². The van der Waals surface area contributed by atoms with Gasteiger partial charge in [0.1, 0.15) is 11.5 Å². The highest BCUT2D eigenvalue weighted by Crippen LogP contribution is 2.15. The molecule has 1 aliphatic rings. The zero-order valence-corrected chi connectivity index (χ0v) is 11.6. The van der Waals surface area contributed by atoms with Crippen LogP contribution >= 0.6 is 0 Å². The Morgan fingerprint density at radius 1 is 1.14 bits per heavy atom. The first-order valence-corrected chi connectivity index (χ1v) is 6.97. The highest BCUT2D eigenvalue weighted by Gasteiger charge is 2.11. The molecule has 3 heterocycles. The van der Waals surface area contributed by atoms with Crippen LogP contribution in [0.5, 0.6) is 0 Å². The first-order chi connectivity index (χ1) is 10.3. The number of rotatable bonds is 3. The Bertz CT molecular complexity index is 593. The molecule has 0 radical (unpaired) electrons. The molecule has 6 nitrogen and oxygen atoms in total. The lowest BCUT2D eigenvalue weighted by Gasteiger charge is -2.29. The van der Waals surface area contributed by atoms with Crippen LogP contribution in [0.25, 0.3) is 0 Å². The lowest BCUT2D eigenvalue weighted by atomic mass is 10.3. The van der Waals surface area contributed by atoms with Crippen molar-refractivity contribution in [1.29, 1.82) is 0 Å². The molecule has 2 aromatic heterocycles. The van der Waals surface area contributed by atoms with Gasteiger partial charge in [-0.25, -0.2) is 4.98 Å². The van der Waals surface area contributed by atoms with Crippen LogP contribution in [0.15, 0.2) is 42.7 Å². The van der Waals surface area contributed by atoms with E-state index in [1.165, 1.54) is 0 Å². The van der Waals surface area contributed by atoms with Crippen molar-refractivity contribution in [2.45, 2.75) is 0 Å². The van der Waals surface area contributed by atoms with E-state index in [0.717, 1.165) is 31.9 Å². The molecule has 0 atom stereocenters. The molecule has 0 aliphatic carbocycles. The zero-order chi connectivity index (χ0) is 14.5. The number of carbonyl (C=O) groups excluding carboxylic acids is 1. The van der Waals surface area contributed by atoms with E-state index < -0.39 is 0 Å². The van der Waals surface area contributed by atoms with Crippen molar-refractivity contribution in [2.75, 3.05) is 36.4 Å². The number of aromatic nitrogens is 2. The minimum Gasteiger partial charge on any atom is -0.368 e. The van der Waals surface area contributed by atoms with E-state index in [4.69, 9.17) is 0 Å². The summed E-state index contributed by atoms with van der Waals surface area (Å²) in [6.07, 6.45) is 3.38. The lowest BCUT2D eigenvalue weighted by molar-refractivity contribution is 0.102. The number of hydrogen-bond acceptors (Lipinski definition) is 5. The van der Waals surface area contributed by atoms with Gasteiger partial charge in [-0.3, -0.25) is 9.78 Å². The quantitative estimate of drug-likeness (QED) is 0.884. The average Bonchev–Trinajstić information content (AvgIpc) is 2.57. The summed E-state index contributed by atoms with van der Waals surface area (Å²) in [6.45, 7) is 3.92. The fourth-order valence-electron chi connectivity index (χ4n) is 2.25. The highest BCUT2D eigenvalue weighted by atomic mass is 16.1. The van der Waals surface area contributed by atoms with E-state index in [1.807, 2.05) is 12.1 Å². The van der Waals surface area contributed by atoms with Gasteiger partial charge in [0.2, 0.25) is 0 Å². The molecule has 0 bridgehead atoms. The minimum atomic E-state index is -0.252. The highest BCUT2D eigenvalue weighted by molar-refractivity contribution is 6.02. The van der Waals surface area contributed by atoms with Crippen LogP contribution in [0, 0.1) is 0 Å². The summed E-state index contributed by atoms with van der Waals surface area (Å²) in [5.41, 5.74) is 1.46. The van der Waals surface area contributed by atoms with Crippen molar-refractivity contribution >= 4 is 17.4 Å². The molecule has 2 N–H and O–H groups in total. The van der Waals surface area contributed by atoms with E-state index >= 15 is 0 Å². The second-order valence-electron chi connectivity index (χ2n) is 4.81. The van der Waals surface area contributed by atoms with E-state index in [2.05, 4.69) is 25.5 Å². The Hall–Kier alpha value is -2.47. The van der Waals surface area contributed by atoms with Gasteiger partial charge in [0, 0.05) is 32.4 Å². The summed E-state index contributed by atoms with van der Waals surface area (Å²) in [6, 6.07) is 9.02. The van der Waals surface area contributed by atoms with Gasteiger partial charge in [-0.1, -0.05) is 6.07 Å². The van der Waals surface area contributed by atoms with Crippen LogP contribution in [0.1, 0.15) is 10.5 Å². The van der Waals surface area contributed by atoms with Gasteiger partial charge in [0.15, 0.2) is 0 Å². The van der Waals surface area contributed by atoms with Gasteiger partial charge in [-0.15, -0.1) is 0 Å². The van der Waals surface area contributed by atoms with Crippen LogP contribution in [0.2, 0.25) is 0 Å². The molecular weight excluding hydrogens is 266 g/mol. The molecule has 3 rings (SSSR count). The van der Waals surface area contributed by atoms with E-state index in [0.29, 0.717) is 11.5 Å². The van der Waals surface area contributed by atoms with Gasteiger partial charge in [0.05, 0.1) is 11.9 Å². The first-order valence-electron chi connectivity index (χ1n) is 6.97. The number of piperazine rings is 1. The van der Waals surface area contributed by atoms with Crippen molar-refractivity contribution in [3.05, 3.63) is 48.4 Å². The molecular formula is C15H17N5O. The number of nitrogens with zero attached hydrogens (tertiary/aromatic N) is 3. The molecule has 108 valence electrons. The van der Waals surface area contributed by atoms with Crippen LogP contribution in [0.3, 0.4) is 0 Å². The second kappa shape index (κ2) is 6.32. The summed E-state index contributed by atoms with van der Waals surface area (Å²) < 4.78 is 0. The van der Waals surface area contributed by atoms with Crippen molar-refractivity contribution in [3.8, 4) is 0 Å². The summed E-state index contributed by atoms with van der Waals surface area (Å²) in [5.74, 6) is 0.280. The van der Waals surface area contributed by atoms with Crippen LogP contribution in [-0.4, -0.2) is 42.1 Å². The maximum atomic E-state index is 12.0. The van der Waals surface area contributed by atoms with Gasteiger partial charge in [-0.05, 0) is 24.3 Å². The third-order valence-corrected chi connectivity index (χ3v) is 3.37. The standard InChI is InChI=1S/C15H17N5O/c21-15(13-3-1-2-6-17-13)19-14-5-4-12(11-18-14)20-9-7-16-8-10-20/h1-6,11,16H,7-10H2,(H,18,19,21). The predicted molar refractivity (Wildman–Crippen MR) is 81.5 cm³/mol. The molecule has 1 aliphatic heterocycles. The molecule has 6 heteroatoms. The van der Waals surface area contributed by atoms with Crippen molar-refractivity contribution in [2.24, 2.45) is 0 Å². The normalized spacial score (nSPS) is 14.8. The van der Waals surface area contributed by atoms with Gasteiger partial charge < -0.3 is 15.5 Å². The number of carbonyl (C=O) groups is 1. The second-order valence-corrected chi connectivity index (χ2v) is 4.81. The third-order valence-electron chi connectivity index (χ3n) is 3.37. The number of anilines is 2. The van der Waals surface area contributed by atoms with Crippen LogP contribution < -0.4 is 15.5 Å². The minimum absolute atomic E-state index is 0.252. The topological polar surface area (TPSA) is 70.2 Å². The maximum Gasteiger partial charge on any atom is 0.275 e. The molecule has 1 saturated heterocycles. The molecule has 0 aromatic carbocycles. The maximum absolute atomic E-state index is 12.0. The Kier molecular flexibility index (Phi) is 4.07. The molecule has 1 fully saturated rings. The molecule has 1 amide bonds. The van der Waals surface area contributed by atoms with E-state index in [1.54, 1.807) is 30.6 Å². The zero-order valence-electron chi connectivity index (χ0n) is 11.6. The smallest absolute Gasteiger partial charge is 0.275 e. The number of amides is 1. The van der Waals surface area contributed by atoms with E-state index in [9.17, 15) is 4.79 Å². The SMILES string of the molecule is O=C(Nc1ccc(N2CCNCC2)cn1)c1ccccn1. The summed E-state index contributed by atoms with van der Waals surface area (Å²) in [5, 5.41) is 6.06. The Morgan fingerprint density at radius 3 is 2.67 bits per heavy atom. The largest absolute Gasteiger partial charge is 0.368 e. The summed E-state index contributed by atoms with van der Waals surface area (Å²) in [4.78, 5) is 22.5. The van der Waals surface area contributed by atoms with Gasteiger partial charge in [-0.2, -0.15) is 0 Å². The monoisotopic (exact) mass is 283 g/mol. The summed E-state index contributed by atoms with van der Waals surface area (Å²) >= 11 is 0. The summed E-state index contributed by atoms with van der Waals surface area (Å²) in [7, 11) is 0. The Labute approximate surface area is 123 Å². The van der Waals surface area contributed by atoms with Crippen LogP contribution in [-0.2, 0) is 0 Å². The number of nitrogens with one attached hydrogen (secondary N) is 2. The van der Waals surface area contributed by atoms with E-state index in [-0.39, 0.29) is 5.91 Å². The number of pyridine rings is 2. The fourth-order valence-corrected chi connectivity index (χ4v) is 2.25. The Morgan fingerprint density at radius 2 is 2.00 bits per heavy atom. The third kappa shape index (κ3) is 3.35. The number of hydrogen-bond donors (Lipinski definition) is 2. The molecule has 2 aromatic rings. The molecule has 0 unspecified atom stereocenters. The van der Waals surface area contributed by atoms with Crippen LogP contribution in [0.4, 0.5) is 11.5 Å². The lowest BCUT2D eigenvalue weighted by Crippen LogP contribution is -2.43. The Balaban J connectivity index is 1.65.